The lowest BCUT2D eigenvalue weighted by atomic mass is 9.79. The fourth-order valence-corrected chi connectivity index (χ4v) is 10.0. The summed E-state index contributed by atoms with van der Waals surface area (Å²) in [4.78, 5) is 2.40. The summed E-state index contributed by atoms with van der Waals surface area (Å²) in [5, 5.41) is 7.47. The van der Waals surface area contributed by atoms with Gasteiger partial charge in [-0.2, -0.15) is 0 Å². The van der Waals surface area contributed by atoms with Gasteiger partial charge in [-0.25, -0.2) is 0 Å². The number of furan rings is 1. The van der Waals surface area contributed by atoms with Gasteiger partial charge in [0, 0.05) is 59.0 Å². The first-order valence-electron chi connectivity index (χ1n) is 17.9. The monoisotopic (exact) mass is 683 g/mol. The molecule has 2 nitrogen and oxygen atoms in total. The number of benzene rings is 8. The van der Waals surface area contributed by atoms with E-state index in [0.29, 0.717) is 0 Å². The van der Waals surface area contributed by atoms with Crippen molar-refractivity contribution in [3.05, 3.63) is 175 Å². The highest BCUT2D eigenvalue weighted by Crippen LogP contribution is 2.57. The first-order valence-corrected chi connectivity index (χ1v) is 18.7. The molecule has 0 spiro atoms. The van der Waals surface area contributed by atoms with E-state index >= 15 is 0 Å². The summed E-state index contributed by atoms with van der Waals surface area (Å²) in [6.45, 7) is 4.75. The maximum atomic E-state index is 7.05. The fourth-order valence-electron chi connectivity index (χ4n) is 8.95. The van der Waals surface area contributed by atoms with Gasteiger partial charge in [-0.15, -0.1) is 11.3 Å². The Morgan fingerprint density at radius 3 is 2.00 bits per heavy atom. The smallest absolute Gasteiger partial charge is 0.144 e. The maximum absolute atomic E-state index is 7.05. The van der Waals surface area contributed by atoms with Crippen molar-refractivity contribution in [2.24, 2.45) is 0 Å². The van der Waals surface area contributed by atoms with E-state index in [2.05, 4.69) is 183 Å². The van der Waals surface area contributed by atoms with Crippen LogP contribution in [0.25, 0.3) is 75.1 Å². The van der Waals surface area contributed by atoms with Crippen LogP contribution in [0.2, 0.25) is 0 Å². The molecule has 0 saturated carbocycles. The van der Waals surface area contributed by atoms with Crippen molar-refractivity contribution in [2.45, 2.75) is 19.3 Å². The van der Waals surface area contributed by atoms with Gasteiger partial charge >= 0.3 is 0 Å². The Morgan fingerprint density at radius 2 is 1.17 bits per heavy atom. The molecule has 0 N–H and O–H groups in total. The number of hydrogen-bond acceptors (Lipinski definition) is 3. The van der Waals surface area contributed by atoms with E-state index in [9.17, 15) is 0 Å². The summed E-state index contributed by atoms with van der Waals surface area (Å²) >= 11 is 1.86. The average Bonchev–Trinajstić information content (AvgIpc) is 3.84. The minimum absolute atomic E-state index is 0.232. The molecule has 246 valence electrons. The molecule has 2 aromatic heterocycles. The Hall–Kier alpha value is -6.16. The second-order valence-corrected chi connectivity index (χ2v) is 15.5. The molecule has 8 aromatic carbocycles. The van der Waals surface area contributed by atoms with Crippen LogP contribution in [-0.4, -0.2) is 0 Å². The number of nitrogens with zero attached hydrogens (tertiary/aromatic N) is 1. The molecule has 3 heteroatoms. The third kappa shape index (κ3) is 4.11. The van der Waals surface area contributed by atoms with Gasteiger partial charge < -0.3 is 9.32 Å². The van der Waals surface area contributed by atoms with Crippen molar-refractivity contribution in [2.75, 3.05) is 4.90 Å². The number of rotatable bonds is 4. The number of para-hydroxylation sites is 1. The Labute approximate surface area is 305 Å². The van der Waals surface area contributed by atoms with E-state index in [-0.39, 0.29) is 5.41 Å². The molecular formula is C49H33NOS. The van der Waals surface area contributed by atoms with Gasteiger partial charge in [-0.1, -0.05) is 123 Å². The second kappa shape index (κ2) is 10.9. The zero-order valence-electron chi connectivity index (χ0n) is 28.9. The molecule has 0 amide bonds. The van der Waals surface area contributed by atoms with Crippen molar-refractivity contribution in [3.8, 4) is 22.3 Å². The molecule has 0 atom stereocenters. The van der Waals surface area contributed by atoms with Crippen LogP contribution in [0, 0.1) is 0 Å². The molecule has 1 aliphatic rings. The van der Waals surface area contributed by atoms with Crippen molar-refractivity contribution < 1.29 is 4.42 Å². The van der Waals surface area contributed by atoms with Crippen molar-refractivity contribution in [1.82, 2.24) is 0 Å². The summed E-state index contributed by atoms with van der Waals surface area (Å²) in [7, 11) is 0. The summed E-state index contributed by atoms with van der Waals surface area (Å²) in [6.07, 6.45) is 0. The third-order valence-corrected chi connectivity index (χ3v) is 12.4. The Balaban J connectivity index is 1.21. The predicted molar refractivity (Wildman–Crippen MR) is 222 cm³/mol. The molecule has 0 saturated heterocycles. The standard InChI is InChI=1S/C49H33NOS/c1-49(2)40-26-24-32(50(31-16-7-4-8-17-31)33-25-27-43-38(28-33)35-18-11-12-23-42(35)52-43)29-39(40)46-47(49)37-20-10-9-19-36(37)45-44-34(30-14-5-3-6-15-30)21-13-22-41(44)51-48(45)46/h3-29H,1-2H3. The van der Waals surface area contributed by atoms with Crippen LogP contribution in [0.3, 0.4) is 0 Å². The van der Waals surface area contributed by atoms with E-state index in [4.69, 9.17) is 4.42 Å². The maximum Gasteiger partial charge on any atom is 0.144 e. The average molecular weight is 684 g/mol. The minimum Gasteiger partial charge on any atom is -0.455 e. The number of hydrogen-bond donors (Lipinski definition) is 0. The molecule has 11 rings (SSSR count). The SMILES string of the molecule is CC1(C)c2ccc(N(c3ccccc3)c3ccc4sc5ccccc5c4c3)cc2-c2c1c1ccccc1c1c2oc2cccc(-c3ccccc3)c21. The van der Waals surface area contributed by atoms with Gasteiger partial charge in [0.15, 0.2) is 0 Å². The van der Waals surface area contributed by atoms with Gasteiger partial charge in [0.2, 0.25) is 0 Å². The minimum atomic E-state index is -0.232. The zero-order chi connectivity index (χ0) is 34.6. The Morgan fingerprint density at radius 1 is 0.500 bits per heavy atom. The Kier molecular flexibility index (Phi) is 6.21. The first-order chi connectivity index (χ1) is 25.6. The van der Waals surface area contributed by atoms with E-state index in [0.717, 1.165) is 28.2 Å². The molecule has 2 heterocycles. The van der Waals surface area contributed by atoms with E-state index in [1.165, 1.54) is 75.1 Å². The lowest BCUT2D eigenvalue weighted by Crippen LogP contribution is -2.16. The number of fused-ring (bicyclic) bond motifs is 13. The number of thiophene rings is 1. The predicted octanol–water partition coefficient (Wildman–Crippen LogP) is 14.6. The molecule has 1 aliphatic carbocycles. The van der Waals surface area contributed by atoms with E-state index in [1.807, 2.05) is 11.3 Å². The summed E-state index contributed by atoms with van der Waals surface area (Å²) in [6, 6.07) is 59.6. The highest BCUT2D eigenvalue weighted by molar-refractivity contribution is 7.25. The van der Waals surface area contributed by atoms with Crippen LogP contribution in [0.4, 0.5) is 17.1 Å². The summed E-state index contributed by atoms with van der Waals surface area (Å²) < 4.78 is 9.67. The molecule has 0 unspecified atom stereocenters. The largest absolute Gasteiger partial charge is 0.455 e. The topological polar surface area (TPSA) is 16.4 Å². The van der Waals surface area contributed by atoms with Gasteiger partial charge in [0.05, 0.1) is 0 Å². The molecule has 0 bridgehead atoms. The fraction of sp³-hybridized carbons (Fsp3) is 0.0612. The Bertz CT molecular complexity index is 3040. The molecule has 10 aromatic rings. The van der Waals surface area contributed by atoms with Gasteiger partial charge in [-0.3, -0.25) is 0 Å². The van der Waals surface area contributed by atoms with Crippen molar-refractivity contribution in [1.29, 1.82) is 0 Å². The molecular weight excluding hydrogens is 651 g/mol. The summed E-state index contributed by atoms with van der Waals surface area (Å²) in [5.74, 6) is 0. The summed E-state index contributed by atoms with van der Waals surface area (Å²) in [5.41, 5.74) is 12.5. The highest BCUT2D eigenvalue weighted by atomic mass is 32.1. The van der Waals surface area contributed by atoms with Crippen LogP contribution < -0.4 is 4.90 Å². The van der Waals surface area contributed by atoms with Crippen LogP contribution >= 0.6 is 11.3 Å². The van der Waals surface area contributed by atoms with Crippen LogP contribution in [0.5, 0.6) is 0 Å². The molecule has 0 fully saturated rings. The van der Waals surface area contributed by atoms with Crippen molar-refractivity contribution >= 4 is 81.3 Å². The number of anilines is 3. The third-order valence-electron chi connectivity index (χ3n) is 11.2. The molecule has 0 radical (unpaired) electrons. The molecule has 52 heavy (non-hydrogen) atoms. The van der Waals surface area contributed by atoms with Crippen LogP contribution in [0.15, 0.2) is 168 Å². The van der Waals surface area contributed by atoms with Gasteiger partial charge in [-0.05, 0) is 93.2 Å². The van der Waals surface area contributed by atoms with Crippen molar-refractivity contribution in [3.63, 3.8) is 0 Å². The van der Waals surface area contributed by atoms with Crippen LogP contribution in [-0.2, 0) is 5.41 Å². The van der Waals surface area contributed by atoms with E-state index in [1.54, 1.807) is 0 Å². The van der Waals surface area contributed by atoms with Crippen LogP contribution in [0.1, 0.15) is 25.0 Å². The first kappa shape index (κ1) is 29.6. The van der Waals surface area contributed by atoms with Gasteiger partial charge in [0.25, 0.3) is 0 Å². The molecule has 0 aliphatic heterocycles. The lowest BCUT2D eigenvalue weighted by Gasteiger charge is -2.27. The normalized spacial score (nSPS) is 13.3. The zero-order valence-corrected chi connectivity index (χ0v) is 29.7. The van der Waals surface area contributed by atoms with Gasteiger partial charge in [0.1, 0.15) is 11.2 Å². The highest BCUT2D eigenvalue weighted by Gasteiger charge is 2.40. The second-order valence-electron chi connectivity index (χ2n) is 14.5. The van der Waals surface area contributed by atoms with E-state index < -0.39 is 0 Å². The lowest BCUT2D eigenvalue weighted by molar-refractivity contribution is 0.658. The quantitative estimate of drug-likeness (QED) is 0.184.